The maximum absolute atomic E-state index is 5.38. The van der Waals surface area contributed by atoms with Gasteiger partial charge in [0.1, 0.15) is 19.0 Å². The van der Waals surface area contributed by atoms with Gasteiger partial charge in [0, 0.05) is 0 Å². The van der Waals surface area contributed by atoms with Gasteiger partial charge in [0.15, 0.2) is 0 Å². The Morgan fingerprint density at radius 2 is 2.14 bits per heavy atom. The van der Waals surface area contributed by atoms with Crippen LogP contribution in [0.3, 0.4) is 0 Å². The summed E-state index contributed by atoms with van der Waals surface area (Å²) in [6.45, 7) is 8.11. The van der Waals surface area contributed by atoms with Crippen molar-refractivity contribution in [3.05, 3.63) is 55.3 Å². The Balaban J connectivity index is 2.58. The van der Waals surface area contributed by atoms with Crippen LogP contribution in [0.25, 0.3) is 0 Å². The van der Waals surface area contributed by atoms with Crippen molar-refractivity contribution < 1.29 is 9.47 Å². The molecule has 0 aliphatic heterocycles. The van der Waals surface area contributed by atoms with Crippen molar-refractivity contribution in [2.45, 2.75) is 6.61 Å². The first-order chi connectivity index (χ1) is 6.86. The van der Waals surface area contributed by atoms with Gasteiger partial charge in [-0.25, -0.2) is 0 Å². The van der Waals surface area contributed by atoms with Crippen LogP contribution in [0.1, 0.15) is 5.56 Å². The van der Waals surface area contributed by atoms with Crippen LogP contribution >= 0.6 is 0 Å². The fourth-order valence-corrected chi connectivity index (χ4v) is 1.04. The van der Waals surface area contributed by atoms with Crippen LogP contribution in [0.2, 0.25) is 0 Å². The quantitative estimate of drug-likeness (QED) is 0.507. The molecule has 1 rings (SSSR count). The van der Waals surface area contributed by atoms with E-state index in [1.54, 1.807) is 6.08 Å². The fraction of sp³-hybridized carbons (Fsp3) is 0.167. The topological polar surface area (TPSA) is 18.5 Å². The zero-order chi connectivity index (χ0) is 10.2. The highest BCUT2D eigenvalue weighted by molar-refractivity contribution is 5.28. The molecular formula is C12H14O2. The Labute approximate surface area is 84.5 Å². The minimum atomic E-state index is 0.520. The molecule has 0 atom stereocenters. The van der Waals surface area contributed by atoms with Crippen LogP contribution in [0.4, 0.5) is 0 Å². The van der Waals surface area contributed by atoms with Gasteiger partial charge in [0.2, 0.25) is 0 Å². The van der Waals surface area contributed by atoms with E-state index < -0.39 is 0 Å². The average Bonchev–Trinajstić information content (AvgIpc) is 2.24. The number of benzene rings is 1. The highest BCUT2D eigenvalue weighted by Crippen LogP contribution is 2.13. The smallest absolute Gasteiger partial charge is 0.120 e. The molecule has 0 radical (unpaired) electrons. The Kier molecular flexibility index (Phi) is 4.35. The molecule has 0 aliphatic carbocycles. The minimum Gasteiger partial charge on any atom is -0.497 e. The highest BCUT2D eigenvalue weighted by atomic mass is 16.5. The maximum Gasteiger partial charge on any atom is 0.120 e. The van der Waals surface area contributed by atoms with Crippen molar-refractivity contribution in [1.82, 2.24) is 0 Å². The van der Waals surface area contributed by atoms with Crippen LogP contribution in [-0.2, 0) is 11.3 Å². The normalized spacial score (nSPS) is 9.14. The summed E-state index contributed by atoms with van der Waals surface area (Å²) in [6, 6.07) is 7.75. The Bertz CT molecular complexity index is 278. The molecule has 0 aromatic heterocycles. The maximum atomic E-state index is 5.38. The van der Waals surface area contributed by atoms with Gasteiger partial charge in [-0.05, 0) is 17.7 Å². The van der Waals surface area contributed by atoms with E-state index in [0.29, 0.717) is 13.2 Å². The standard InChI is InChI=1S/C12H14O2/c1-3-8-14-12-7-5-6-11(9-12)10-13-4-2/h3-7,9H,1-2,8,10H2. The summed E-state index contributed by atoms with van der Waals surface area (Å²) < 4.78 is 10.4. The number of hydrogen-bond donors (Lipinski definition) is 0. The van der Waals surface area contributed by atoms with E-state index in [1.807, 2.05) is 24.3 Å². The molecule has 0 N–H and O–H groups in total. The summed E-state index contributed by atoms with van der Waals surface area (Å²) in [5.41, 5.74) is 1.06. The molecule has 0 unspecified atom stereocenters. The van der Waals surface area contributed by atoms with E-state index >= 15 is 0 Å². The lowest BCUT2D eigenvalue weighted by atomic mass is 10.2. The summed E-state index contributed by atoms with van der Waals surface area (Å²) in [5, 5.41) is 0. The summed E-state index contributed by atoms with van der Waals surface area (Å²) in [4.78, 5) is 0. The minimum absolute atomic E-state index is 0.520. The second-order valence-electron chi connectivity index (χ2n) is 2.72. The second kappa shape index (κ2) is 5.86. The van der Waals surface area contributed by atoms with E-state index in [0.717, 1.165) is 11.3 Å². The molecule has 0 amide bonds. The third-order valence-corrected chi connectivity index (χ3v) is 1.63. The number of ether oxygens (including phenoxy) is 2. The molecule has 0 saturated carbocycles. The van der Waals surface area contributed by atoms with E-state index in [2.05, 4.69) is 13.2 Å². The second-order valence-corrected chi connectivity index (χ2v) is 2.72. The van der Waals surface area contributed by atoms with Gasteiger partial charge in [-0.2, -0.15) is 0 Å². The van der Waals surface area contributed by atoms with Crippen molar-refractivity contribution in [2.75, 3.05) is 6.61 Å². The predicted octanol–water partition coefficient (Wildman–Crippen LogP) is 2.91. The lowest BCUT2D eigenvalue weighted by Crippen LogP contribution is -1.94. The molecular weight excluding hydrogens is 176 g/mol. The molecule has 0 heterocycles. The molecule has 0 spiro atoms. The van der Waals surface area contributed by atoms with Crippen LogP contribution in [0, 0.1) is 0 Å². The number of hydrogen-bond acceptors (Lipinski definition) is 2. The lowest BCUT2D eigenvalue weighted by molar-refractivity contribution is 0.237. The molecule has 0 fully saturated rings. The molecule has 0 aliphatic rings. The Morgan fingerprint density at radius 1 is 1.29 bits per heavy atom. The SMILES string of the molecule is C=CCOc1cccc(COC=C)c1. The number of rotatable bonds is 6. The van der Waals surface area contributed by atoms with Gasteiger partial charge < -0.3 is 9.47 Å². The van der Waals surface area contributed by atoms with Gasteiger partial charge in [0.05, 0.1) is 6.26 Å². The van der Waals surface area contributed by atoms with Crippen molar-refractivity contribution in [1.29, 1.82) is 0 Å². The Morgan fingerprint density at radius 3 is 2.86 bits per heavy atom. The van der Waals surface area contributed by atoms with Crippen LogP contribution in [0.15, 0.2) is 49.8 Å². The predicted molar refractivity (Wildman–Crippen MR) is 57.1 cm³/mol. The molecule has 14 heavy (non-hydrogen) atoms. The Hall–Kier alpha value is -1.70. The largest absolute Gasteiger partial charge is 0.497 e. The van der Waals surface area contributed by atoms with Crippen molar-refractivity contribution in [3.8, 4) is 5.75 Å². The van der Waals surface area contributed by atoms with Crippen molar-refractivity contribution >= 4 is 0 Å². The average molecular weight is 190 g/mol. The van der Waals surface area contributed by atoms with Crippen LogP contribution < -0.4 is 4.74 Å². The third kappa shape index (κ3) is 3.35. The van der Waals surface area contributed by atoms with Gasteiger partial charge in [-0.3, -0.25) is 0 Å². The molecule has 0 saturated heterocycles. The molecule has 74 valence electrons. The summed E-state index contributed by atoms with van der Waals surface area (Å²) in [5.74, 6) is 0.829. The monoisotopic (exact) mass is 190 g/mol. The summed E-state index contributed by atoms with van der Waals surface area (Å²) >= 11 is 0. The zero-order valence-corrected chi connectivity index (χ0v) is 8.11. The van der Waals surface area contributed by atoms with Gasteiger partial charge >= 0.3 is 0 Å². The third-order valence-electron chi connectivity index (χ3n) is 1.63. The van der Waals surface area contributed by atoms with E-state index in [-0.39, 0.29) is 0 Å². The van der Waals surface area contributed by atoms with Crippen LogP contribution in [0.5, 0.6) is 5.75 Å². The van der Waals surface area contributed by atoms with Gasteiger partial charge in [-0.15, -0.1) is 0 Å². The zero-order valence-electron chi connectivity index (χ0n) is 8.11. The summed E-state index contributed by atoms with van der Waals surface area (Å²) in [7, 11) is 0. The molecule has 1 aromatic rings. The first kappa shape index (κ1) is 10.4. The summed E-state index contributed by atoms with van der Waals surface area (Å²) in [6.07, 6.45) is 3.14. The van der Waals surface area contributed by atoms with Crippen molar-refractivity contribution in [3.63, 3.8) is 0 Å². The van der Waals surface area contributed by atoms with Crippen LogP contribution in [-0.4, -0.2) is 6.61 Å². The highest BCUT2D eigenvalue weighted by Gasteiger charge is 1.95. The molecule has 1 aromatic carbocycles. The first-order valence-electron chi connectivity index (χ1n) is 4.42. The van der Waals surface area contributed by atoms with Gasteiger partial charge in [-0.1, -0.05) is 31.4 Å². The van der Waals surface area contributed by atoms with Crippen molar-refractivity contribution in [2.24, 2.45) is 0 Å². The molecule has 0 bridgehead atoms. The van der Waals surface area contributed by atoms with E-state index in [9.17, 15) is 0 Å². The first-order valence-corrected chi connectivity index (χ1v) is 4.42. The lowest BCUT2D eigenvalue weighted by Gasteiger charge is -2.05. The van der Waals surface area contributed by atoms with Gasteiger partial charge in [0.25, 0.3) is 0 Å². The molecule has 2 nitrogen and oxygen atoms in total. The van der Waals surface area contributed by atoms with E-state index in [4.69, 9.17) is 9.47 Å². The molecule has 2 heteroatoms. The fourth-order valence-electron chi connectivity index (χ4n) is 1.04. The van der Waals surface area contributed by atoms with E-state index in [1.165, 1.54) is 6.26 Å².